The van der Waals surface area contributed by atoms with Crippen LogP contribution in [0.3, 0.4) is 0 Å². The van der Waals surface area contributed by atoms with Crippen LogP contribution in [0, 0.1) is 3.82 Å². The van der Waals surface area contributed by atoms with Crippen molar-refractivity contribution in [3.63, 3.8) is 0 Å². The van der Waals surface area contributed by atoms with Gasteiger partial charge in [0.05, 0.1) is 4.88 Å². The van der Waals surface area contributed by atoms with Gasteiger partial charge in [-0.3, -0.25) is 4.90 Å². The molecule has 1 aliphatic rings. The van der Waals surface area contributed by atoms with Gasteiger partial charge in [0.25, 0.3) is 0 Å². The first-order chi connectivity index (χ1) is 12.6. The number of benzene rings is 1. The fourth-order valence-electron chi connectivity index (χ4n) is 3.36. The van der Waals surface area contributed by atoms with E-state index in [2.05, 4.69) is 22.8 Å². The number of aliphatic hydroxyl groups excluding tert-OH is 1. The van der Waals surface area contributed by atoms with E-state index in [-0.39, 0.29) is 6.61 Å². The third-order valence-electron chi connectivity index (χ3n) is 4.91. The lowest BCUT2D eigenvalue weighted by Crippen LogP contribution is -2.46. The monoisotopic (exact) mass is 410 g/mol. The molecule has 0 atom stereocenters. The standard InChI is InChI=1S/C19H26N2O2S3/c1-2-16-18(25-26-19(16)24)14-4-5-17(23)15(12-14)13-21-9-7-20(8-10-21)6-3-11-22/h4-5,12,22-23H,2-3,6-11,13H2,1H3. The van der Waals surface area contributed by atoms with Crippen LogP contribution in [0.2, 0.25) is 0 Å². The maximum absolute atomic E-state index is 10.3. The summed E-state index contributed by atoms with van der Waals surface area (Å²) in [6, 6.07) is 5.94. The predicted molar refractivity (Wildman–Crippen MR) is 113 cm³/mol. The number of aliphatic hydroxyl groups is 1. The van der Waals surface area contributed by atoms with Gasteiger partial charge in [-0.2, -0.15) is 0 Å². The van der Waals surface area contributed by atoms with Crippen LogP contribution >= 0.6 is 32.9 Å². The molecule has 2 N–H and O–H groups in total. The number of aromatic hydroxyl groups is 1. The van der Waals surface area contributed by atoms with Crippen molar-refractivity contribution in [3.05, 3.63) is 33.1 Å². The maximum Gasteiger partial charge on any atom is 0.120 e. The lowest BCUT2D eigenvalue weighted by Gasteiger charge is -2.34. The molecule has 1 fully saturated rings. The Balaban J connectivity index is 1.70. The Bertz CT molecular complexity index is 779. The van der Waals surface area contributed by atoms with Crippen molar-refractivity contribution in [2.24, 2.45) is 0 Å². The van der Waals surface area contributed by atoms with Crippen molar-refractivity contribution in [2.75, 3.05) is 39.3 Å². The molecule has 1 aliphatic heterocycles. The summed E-state index contributed by atoms with van der Waals surface area (Å²) in [6.45, 7) is 8.16. The van der Waals surface area contributed by atoms with Gasteiger partial charge in [-0.1, -0.05) is 39.8 Å². The summed E-state index contributed by atoms with van der Waals surface area (Å²) in [5.41, 5.74) is 3.40. The Hall–Kier alpha value is -0.830. The highest BCUT2D eigenvalue weighted by molar-refractivity contribution is 7.80. The van der Waals surface area contributed by atoms with E-state index in [1.807, 2.05) is 12.1 Å². The van der Waals surface area contributed by atoms with Gasteiger partial charge in [0, 0.05) is 51.4 Å². The highest BCUT2D eigenvalue weighted by Crippen LogP contribution is 2.37. The first-order valence-corrected chi connectivity index (χ1v) is 11.7. The van der Waals surface area contributed by atoms with Crippen LogP contribution in [0.15, 0.2) is 18.2 Å². The van der Waals surface area contributed by atoms with Gasteiger partial charge < -0.3 is 15.1 Å². The number of hydrogen-bond acceptors (Lipinski definition) is 7. The van der Waals surface area contributed by atoms with Crippen molar-refractivity contribution in [1.82, 2.24) is 9.80 Å². The molecule has 1 aromatic carbocycles. The average molecular weight is 411 g/mol. The zero-order valence-corrected chi connectivity index (χ0v) is 17.6. The quantitative estimate of drug-likeness (QED) is 0.534. The predicted octanol–water partition coefficient (Wildman–Crippen LogP) is 3.97. The largest absolute Gasteiger partial charge is 0.508 e. The van der Waals surface area contributed by atoms with Gasteiger partial charge in [-0.05, 0) is 42.2 Å². The van der Waals surface area contributed by atoms with Gasteiger partial charge in [0.2, 0.25) is 0 Å². The maximum atomic E-state index is 10.3. The van der Waals surface area contributed by atoms with Crippen molar-refractivity contribution in [3.8, 4) is 16.2 Å². The lowest BCUT2D eigenvalue weighted by molar-refractivity contribution is 0.119. The minimum Gasteiger partial charge on any atom is -0.508 e. The molecule has 0 spiro atoms. The third-order valence-corrected chi connectivity index (χ3v) is 8.10. The number of rotatable bonds is 7. The van der Waals surface area contributed by atoms with Gasteiger partial charge in [-0.25, -0.2) is 0 Å². The molecule has 0 saturated carbocycles. The molecular formula is C19H26N2O2S3. The van der Waals surface area contributed by atoms with Crippen molar-refractivity contribution < 1.29 is 10.2 Å². The number of phenols is 1. The fraction of sp³-hybridized carbons (Fsp3) is 0.526. The fourth-order valence-corrected chi connectivity index (χ4v) is 6.49. The molecule has 142 valence electrons. The molecule has 7 heteroatoms. The van der Waals surface area contributed by atoms with Crippen LogP contribution in [0.1, 0.15) is 24.5 Å². The summed E-state index contributed by atoms with van der Waals surface area (Å²) in [5, 5.41) is 19.3. The lowest BCUT2D eigenvalue weighted by atomic mass is 10.0. The molecule has 2 heterocycles. The van der Waals surface area contributed by atoms with Crippen molar-refractivity contribution in [2.45, 2.75) is 26.3 Å². The van der Waals surface area contributed by atoms with Crippen LogP contribution < -0.4 is 0 Å². The average Bonchev–Trinajstić information content (AvgIpc) is 3.03. The molecule has 3 rings (SSSR count). The van der Waals surface area contributed by atoms with E-state index in [0.717, 1.165) is 67.1 Å². The molecule has 1 saturated heterocycles. The highest BCUT2D eigenvalue weighted by Gasteiger charge is 2.18. The van der Waals surface area contributed by atoms with Crippen LogP contribution in [0.4, 0.5) is 0 Å². The molecule has 26 heavy (non-hydrogen) atoms. The molecule has 0 bridgehead atoms. The van der Waals surface area contributed by atoms with Gasteiger partial charge in [0.15, 0.2) is 0 Å². The summed E-state index contributed by atoms with van der Waals surface area (Å²) in [6.07, 6.45) is 1.79. The van der Waals surface area contributed by atoms with Crippen LogP contribution in [0.25, 0.3) is 10.4 Å². The molecule has 2 aromatic rings. The topological polar surface area (TPSA) is 46.9 Å². The minimum atomic E-state index is 0.260. The van der Waals surface area contributed by atoms with Crippen LogP contribution in [0.5, 0.6) is 5.75 Å². The first-order valence-electron chi connectivity index (χ1n) is 9.12. The molecule has 0 aliphatic carbocycles. The Morgan fingerprint density at radius 2 is 1.85 bits per heavy atom. The number of phenolic OH excluding ortho intramolecular Hbond substituents is 1. The molecule has 0 radical (unpaired) electrons. The summed E-state index contributed by atoms with van der Waals surface area (Å²) >= 11 is 5.45. The second kappa shape index (κ2) is 9.39. The number of hydrogen-bond donors (Lipinski definition) is 2. The van der Waals surface area contributed by atoms with Gasteiger partial charge in [0.1, 0.15) is 9.57 Å². The zero-order valence-electron chi connectivity index (χ0n) is 15.1. The highest BCUT2D eigenvalue weighted by atomic mass is 32.9. The summed E-state index contributed by atoms with van der Waals surface area (Å²) < 4.78 is 0.987. The van der Waals surface area contributed by atoms with E-state index in [0.29, 0.717) is 5.75 Å². The van der Waals surface area contributed by atoms with E-state index < -0.39 is 0 Å². The molecule has 1 aromatic heterocycles. The summed E-state index contributed by atoms with van der Waals surface area (Å²) in [5.74, 6) is 0.369. The number of nitrogens with zero attached hydrogens (tertiary/aromatic N) is 2. The van der Waals surface area contributed by atoms with Crippen molar-refractivity contribution >= 4 is 32.9 Å². The molecule has 0 unspecified atom stereocenters. The molecule has 4 nitrogen and oxygen atoms in total. The second-order valence-corrected chi connectivity index (χ2v) is 9.47. The molecular weight excluding hydrogens is 384 g/mol. The zero-order chi connectivity index (χ0) is 18.5. The Kier molecular flexibility index (Phi) is 7.19. The van der Waals surface area contributed by atoms with Crippen LogP contribution in [-0.4, -0.2) is 59.3 Å². The second-order valence-electron chi connectivity index (χ2n) is 6.65. The normalized spacial score (nSPS) is 16.2. The Morgan fingerprint density at radius 1 is 1.12 bits per heavy atom. The molecule has 0 amide bonds. The Labute approximate surface area is 167 Å². The van der Waals surface area contributed by atoms with E-state index in [4.69, 9.17) is 17.3 Å². The minimum absolute atomic E-state index is 0.260. The third kappa shape index (κ3) is 4.71. The SMILES string of the molecule is CCc1c(-c2ccc(O)c(CN3CCN(CCCO)CC3)c2)ssc1=S. The van der Waals surface area contributed by atoms with Crippen LogP contribution in [-0.2, 0) is 13.0 Å². The summed E-state index contributed by atoms with van der Waals surface area (Å²) in [7, 11) is 3.40. The van der Waals surface area contributed by atoms with E-state index in [1.54, 1.807) is 20.7 Å². The van der Waals surface area contributed by atoms with E-state index in [9.17, 15) is 5.11 Å². The summed E-state index contributed by atoms with van der Waals surface area (Å²) in [4.78, 5) is 6.04. The van der Waals surface area contributed by atoms with E-state index >= 15 is 0 Å². The smallest absolute Gasteiger partial charge is 0.120 e. The number of piperazine rings is 1. The van der Waals surface area contributed by atoms with Crippen molar-refractivity contribution in [1.29, 1.82) is 0 Å². The first kappa shape index (κ1) is 19.9. The Morgan fingerprint density at radius 3 is 2.54 bits per heavy atom. The van der Waals surface area contributed by atoms with E-state index in [1.165, 1.54) is 10.4 Å². The van der Waals surface area contributed by atoms with Gasteiger partial charge >= 0.3 is 0 Å². The van der Waals surface area contributed by atoms with Gasteiger partial charge in [-0.15, -0.1) is 0 Å².